The fourth-order valence-electron chi connectivity index (χ4n) is 3.61. The third-order valence-electron chi connectivity index (χ3n) is 4.94. The minimum atomic E-state index is -0.213. The van der Waals surface area contributed by atoms with E-state index in [4.69, 9.17) is 9.97 Å². The average molecular weight is 335 g/mol. The predicted molar refractivity (Wildman–Crippen MR) is 99.1 cm³/mol. The third-order valence-corrected chi connectivity index (χ3v) is 4.94. The summed E-state index contributed by atoms with van der Waals surface area (Å²) in [5, 5.41) is 4.41. The molecule has 4 heteroatoms. The maximum atomic E-state index is 13.4. The zero-order valence-corrected chi connectivity index (χ0v) is 14.2. The number of benzene rings is 2. The van der Waals surface area contributed by atoms with Gasteiger partial charge < -0.3 is 5.32 Å². The minimum Gasteiger partial charge on any atom is -0.365 e. The van der Waals surface area contributed by atoms with Crippen molar-refractivity contribution in [2.75, 3.05) is 5.32 Å². The fourth-order valence-corrected chi connectivity index (χ4v) is 3.61. The Labute approximate surface area is 147 Å². The van der Waals surface area contributed by atoms with Gasteiger partial charge in [0.15, 0.2) is 0 Å². The number of hydrogen-bond acceptors (Lipinski definition) is 3. The molecular formula is C21H22FN3. The van der Waals surface area contributed by atoms with Gasteiger partial charge in [0.1, 0.15) is 17.5 Å². The zero-order valence-electron chi connectivity index (χ0n) is 14.2. The molecule has 0 saturated heterocycles. The third kappa shape index (κ3) is 3.63. The summed E-state index contributed by atoms with van der Waals surface area (Å²) in [7, 11) is 0. The van der Waals surface area contributed by atoms with Crippen LogP contribution in [0.25, 0.3) is 10.9 Å². The van der Waals surface area contributed by atoms with Gasteiger partial charge in [0.05, 0.1) is 5.52 Å². The van der Waals surface area contributed by atoms with Gasteiger partial charge >= 0.3 is 0 Å². The minimum absolute atomic E-state index is 0.213. The number of aromatic nitrogens is 2. The van der Waals surface area contributed by atoms with E-state index in [9.17, 15) is 4.39 Å². The number of anilines is 1. The Balaban J connectivity index is 1.65. The summed E-state index contributed by atoms with van der Waals surface area (Å²) < 4.78 is 13.4. The molecule has 0 bridgehead atoms. The average Bonchev–Trinajstić information content (AvgIpc) is 2.66. The monoisotopic (exact) mass is 335 g/mol. The van der Waals surface area contributed by atoms with Gasteiger partial charge in [0.25, 0.3) is 0 Å². The van der Waals surface area contributed by atoms with Crippen LogP contribution in [0.5, 0.6) is 0 Å². The van der Waals surface area contributed by atoms with E-state index in [1.54, 1.807) is 12.1 Å². The molecule has 2 aromatic carbocycles. The summed E-state index contributed by atoms with van der Waals surface area (Å²) >= 11 is 0. The van der Waals surface area contributed by atoms with E-state index < -0.39 is 0 Å². The molecule has 1 N–H and O–H groups in total. The number of nitrogens with one attached hydrogen (secondary N) is 1. The van der Waals surface area contributed by atoms with Crippen LogP contribution >= 0.6 is 0 Å². The molecular weight excluding hydrogens is 313 g/mol. The van der Waals surface area contributed by atoms with Gasteiger partial charge in [0, 0.05) is 17.8 Å². The summed E-state index contributed by atoms with van der Waals surface area (Å²) in [6.45, 7) is 0.545. The van der Waals surface area contributed by atoms with Crippen molar-refractivity contribution >= 4 is 16.7 Å². The second-order valence-electron chi connectivity index (χ2n) is 6.77. The van der Waals surface area contributed by atoms with Crippen LogP contribution in [0.4, 0.5) is 10.2 Å². The summed E-state index contributed by atoms with van der Waals surface area (Å²) in [4.78, 5) is 9.66. The van der Waals surface area contributed by atoms with Crippen molar-refractivity contribution in [3.63, 3.8) is 0 Å². The van der Waals surface area contributed by atoms with Crippen LogP contribution in [0.1, 0.15) is 49.4 Å². The first-order valence-corrected chi connectivity index (χ1v) is 9.04. The first-order valence-electron chi connectivity index (χ1n) is 9.04. The molecule has 0 amide bonds. The van der Waals surface area contributed by atoms with Crippen molar-refractivity contribution < 1.29 is 4.39 Å². The van der Waals surface area contributed by atoms with E-state index in [2.05, 4.69) is 5.32 Å². The zero-order chi connectivity index (χ0) is 17.1. The Morgan fingerprint density at radius 2 is 1.80 bits per heavy atom. The van der Waals surface area contributed by atoms with Crippen molar-refractivity contribution in [3.8, 4) is 0 Å². The number of para-hydroxylation sites is 1. The highest BCUT2D eigenvalue weighted by Gasteiger charge is 2.20. The fraction of sp³-hybridized carbons (Fsp3) is 0.333. The smallest absolute Gasteiger partial charge is 0.137 e. The van der Waals surface area contributed by atoms with Crippen LogP contribution in [0.3, 0.4) is 0 Å². The predicted octanol–water partition coefficient (Wildman–Crippen LogP) is 5.43. The standard InChI is InChI=1S/C21H22FN3/c22-17-10-6-7-15(13-17)14-23-21-18-11-4-5-12-19(18)24-20(25-21)16-8-2-1-3-9-16/h4-7,10-13,16H,1-3,8-9,14H2,(H,23,24,25). The lowest BCUT2D eigenvalue weighted by Crippen LogP contribution is -2.11. The maximum Gasteiger partial charge on any atom is 0.137 e. The van der Waals surface area contributed by atoms with Gasteiger partial charge in [-0.25, -0.2) is 14.4 Å². The lowest BCUT2D eigenvalue weighted by molar-refractivity contribution is 0.430. The van der Waals surface area contributed by atoms with Crippen LogP contribution in [0, 0.1) is 5.82 Å². The molecule has 128 valence electrons. The van der Waals surface area contributed by atoms with Crippen molar-refractivity contribution in [1.82, 2.24) is 9.97 Å². The van der Waals surface area contributed by atoms with Crippen molar-refractivity contribution in [2.24, 2.45) is 0 Å². The van der Waals surface area contributed by atoms with Gasteiger partial charge in [-0.3, -0.25) is 0 Å². The summed E-state index contributed by atoms with van der Waals surface area (Å²) in [6.07, 6.45) is 6.16. The SMILES string of the molecule is Fc1cccc(CNc2nc(C3CCCCC3)nc3ccccc23)c1. The Kier molecular flexibility index (Phi) is 4.59. The normalized spacial score (nSPS) is 15.4. The van der Waals surface area contributed by atoms with Crippen LogP contribution in [-0.2, 0) is 6.54 Å². The van der Waals surface area contributed by atoms with Gasteiger partial charge in [-0.05, 0) is 42.7 Å². The Hall–Kier alpha value is -2.49. The van der Waals surface area contributed by atoms with E-state index >= 15 is 0 Å². The van der Waals surface area contributed by atoms with E-state index in [1.165, 1.54) is 38.2 Å². The molecule has 1 fully saturated rings. The second kappa shape index (κ2) is 7.18. The summed E-state index contributed by atoms with van der Waals surface area (Å²) in [5.41, 5.74) is 1.88. The Morgan fingerprint density at radius 3 is 2.64 bits per heavy atom. The van der Waals surface area contributed by atoms with Crippen LogP contribution in [0.15, 0.2) is 48.5 Å². The van der Waals surface area contributed by atoms with Crippen molar-refractivity contribution in [3.05, 3.63) is 65.7 Å². The highest BCUT2D eigenvalue weighted by Crippen LogP contribution is 2.33. The Morgan fingerprint density at radius 1 is 0.960 bits per heavy atom. The molecule has 1 aliphatic rings. The first-order chi connectivity index (χ1) is 12.3. The number of hydrogen-bond donors (Lipinski definition) is 1. The van der Waals surface area contributed by atoms with Gasteiger partial charge in [0.2, 0.25) is 0 Å². The Bertz CT molecular complexity index is 872. The molecule has 1 aromatic heterocycles. The molecule has 3 nitrogen and oxygen atoms in total. The van der Waals surface area contributed by atoms with Crippen molar-refractivity contribution in [1.29, 1.82) is 0 Å². The quantitative estimate of drug-likeness (QED) is 0.691. The van der Waals surface area contributed by atoms with Gasteiger partial charge in [-0.2, -0.15) is 0 Å². The molecule has 0 unspecified atom stereocenters. The number of halogens is 1. The van der Waals surface area contributed by atoms with Crippen LogP contribution in [0.2, 0.25) is 0 Å². The molecule has 0 radical (unpaired) electrons. The topological polar surface area (TPSA) is 37.8 Å². The van der Waals surface area contributed by atoms with E-state index in [1.807, 2.05) is 30.3 Å². The molecule has 25 heavy (non-hydrogen) atoms. The number of nitrogens with zero attached hydrogens (tertiary/aromatic N) is 2. The summed E-state index contributed by atoms with van der Waals surface area (Å²) in [6, 6.07) is 14.8. The van der Waals surface area contributed by atoms with E-state index in [0.29, 0.717) is 12.5 Å². The summed E-state index contributed by atoms with van der Waals surface area (Å²) in [5.74, 6) is 2.03. The lowest BCUT2D eigenvalue weighted by Gasteiger charge is -2.21. The van der Waals surface area contributed by atoms with Gasteiger partial charge in [-0.1, -0.05) is 43.5 Å². The molecule has 1 aliphatic carbocycles. The number of fused-ring (bicyclic) bond motifs is 1. The highest BCUT2D eigenvalue weighted by molar-refractivity contribution is 5.89. The van der Waals surface area contributed by atoms with Gasteiger partial charge in [-0.15, -0.1) is 0 Å². The number of rotatable bonds is 4. The molecule has 3 aromatic rings. The van der Waals surface area contributed by atoms with Crippen LogP contribution in [-0.4, -0.2) is 9.97 Å². The molecule has 0 atom stereocenters. The van der Waals surface area contributed by atoms with Crippen LogP contribution < -0.4 is 5.32 Å². The molecule has 0 spiro atoms. The second-order valence-corrected chi connectivity index (χ2v) is 6.77. The van der Waals surface area contributed by atoms with Crippen molar-refractivity contribution in [2.45, 2.75) is 44.6 Å². The molecule has 0 aliphatic heterocycles. The maximum absolute atomic E-state index is 13.4. The van der Waals surface area contributed by atoms with E-state index in [0.717, 1.165) is 28.1 Å². The molecule has 4 rings (SSSR count). The molecule has 1 saturated carbocycles. The largest absolute Gasteiger partial charge is 0.365 e. The van der Waals surface area contributed by atoms with E-state index in [-0.39, 0.29) is 5.82 Å². The lowest BCUT2D eigenvalue weighted by atomic mass is 9.88. The first kappa shape index (κ1) is 16.0. The molecule has 1 heterocycles. The highest BCUT2D eigenvalue weighted by atomic mass is 19.1.